The topological polar surface area (TPSA) is 107 Å². The van der Waals surface area contributed by atoms with Gasteiger partial charge >= 0.3 is 6.03 Å². The van der Waals surface area contributed by atoms with E-state index in [1.165, 1.54) is 14.2 Å². The van der Waals surface area contributed by atoms with E-state index in [1.54, 1.807) is 25.1 Å². The highest BCUT2D eigenvalue weighted by Crippen LogP contribution is 2.35. The Morgan fingerprint density at radius 1 is 1.10 bits per heavy atom. The summed E-state index contributed by atoms with van der Waals surface area (Å²) in [6, 6.07) is 12.1. The highest BCUT2D eigenvalue weighted by molar-refractivity contribution is 6.07. The summed E-state index contributed by atoms with van der Waals surface area (Å²) in [6.45, 7) is 3.45. The van der Waals surface area contributed by atoms with Crippen molar-refractivity contribution in [3.8, 4) is 22.9 Å². The molecule has 0 bridgehead atoms. The minimum absolute atomic E-state index is 0.133. The Kier molecular flexibility index (Phi) is 5.10. The predicted octanol–water partition coefficient (Wildman–Crippen LogP) is 3.03. The first-order chi connectivity index (χ1) is 14.9. The zero-order valence-electron chi connectivity index (χ0n) is 17.6. The third-order valence-electron chi connectivity index (χ3n) is 5.38. The Morgan fingerprint density at radius 2 is 1.84 bits per heavy atom. The molecule has 0 unspecified atom stereocenters. The Morgan fingerprint density at radius 3 is 2.55 bits per heavy atom. The van der Waals surface area contributed by atoms with Crippen LogP contribution in [0.25, 0.3) is 11.4 Å². The fourth-order valence-corrected chi connectivity index (χ4v) is 3.57. The van der Waals surface area contributed by atoms with Gasteiger partial charge in [-0.15, -0.1) is 0 Å². The highest BCUT2D eigenvalue weighted by atomic mass is 16.5. The van der Waals surface area contributed by atoms with Crippen molar-refractivity contribution in [1.82, 2.24) is 20.4 Å². The van der Waals surface area contributed by atoms with Crippen LogP contribution in [0, 0.1) is 6.92 Å². The van der Waals surface area contributed by atoms with Crippen LogP contribution in [0.2, 0.25) is 0 Å². The van der Waals surface area contributed by atoms with Crippen LogP contribution in [0.4, 0.5) is 4.79 Å². The summed E-state index contributed by atoms with van der Waals surface area (Å²) in [4.78, 5) is 31.3. The molecule has 0 radical (unpaired) electrons. The van der Waals surface area contributed by atoms with E-state index in [-0.39, 0.29) is 12.4 Å². The van der Waals surface area contributed by atoms with E-state index in [9.17, 15) is 9.59 Å². The molecule has 3 amide bonds. The Labute approximate surface area is 179 Å². The van der Waals surface area contributed by atoms with Crippen molar-refractivity contribution in [2.75, 3.05) is 14.2 Å². The number of benzene rings is 2. The number of aryl methyl sites for hydroxylation is 1. The Hall–Kier alpha value is -3.88. The van der Waals surface area contributed by atoms with Crippen LogP contribution >= 0.6 is 0 Å². The van der Waals surface area contributed by atoms with Gasteiger partial charge in [0.05, 0.1) is 14.2 Å². The first-order valence-electron chi connectivity index (χ1n) is 9.62. The van der Waals surface area contributed by atoms with Crippen molar-refractivity contribution in [1.29, 1.82) is 0 Å². The number of carbonyl (C=O) groups is 2. The zero-order valence-corrected chi connectivity index (χ0v) is 17.6. The van der Waals surface area contributed by atoms with Gasteiger partial charge in [-0.1, -0.05) is 35.5 Å². The third-order valence-corrected chi connectivity index (χ3v) is 5.38. The number of hydrogen-bond donors (Lipinski definition) is 1. The summed E-state index contributed by atoms with van der Waals surface area (Å²) < 4.78 is 15.9. The second-order valence-corrected chi connectivity index (χ2v) is 7.34. The number of aromatic nitrogens is 2. The number of carbonyl (C=O) groups excluding carboxylic acids is 2. The normalized spacial score (nSPS) is 18.3. The summed E-state index contributed by atoms with van der Waals surface area (Å²) in [5.41, 5.74) is 1.11. The van der Waals surface area contributed by atoms with Gasteiger partial charge in [0.2, 0.25) is 11.7 Å². The molecule has 2 aromatic carbocycles. The molecule has 2 heterocycles. The lowest BCUT2D eigenvalue weighted by molar-refractivity contribution is -0.131. The number of ether oxygens (including phenoxy) is 2. The van der Waals surface area contributed by atoms with Gasteiger partial charge in [0.1, 0.15) is 12.1 Å². The molecule has 0 spiro atoms. The Balaban J connectivity index is 1.59. The van der Waals surface area contributed by atoms with Gasteiger partial charge < -0.3 is 19.3 Å². The molecule has 31 heavy (non-hydrogen) atoms. The summed E-state index contributed by atoms with van der Waals surface area (Å²) in [5.74, 6) is 1.13. The molecule has 4 rings (SSSR count). The van der Waals surface area contributed by atoms with E-state index in [2.05, 4.69) is 15.5 Å². The first kappa shape index (κ1) is 20.4. The van der Waals surface area contributed by atoms with Gasteiger partial charge in [0, 0.05) is 5.56 Å². The van der Waals surface area contributed by atoms with Crippen LogP contribution in [-0.4, -0.2) is 41.2 Å². The number of imide groups is 1. The summed E-state index contributed by atoms with van der Waals surface area (Å²) >= 11 is 0. The molecular weight excluding hydrogens is 400 g/mol. The maximum Gasteiger partial charge on any atom is 0.325 e. The number of hydrogen-bond acceptors (Lipinski definition) is 7. The monoisotopic (exact) mass is 422 g/mol. The number of nitrogens with one attached hydrogen (secondary N) is 1. The molecule has 9 nitrogen and oxygen atoms in total. The Bertz CT molecular complexity index is 1160. The molecule has 1 fully saturated rings. The van der Waals surface area contributed by atoms with E-state index in [0.29, 0.717) is 22.9 Å². The van der Waals surface area contributed by atoms with Crippen molar-refractivity contribution in [2.45, 2.75) is 25.9 Å². The first-order valence-corrected chi connectivity index (χ1v) is 9.62. The molecule has 1 N–H and O–H groups in total. The summed E-state index contributed by atoms with van der Waals surface area (Å²) in [7, 11) is 3.03. The second-order valence-electron chi connectivity index (χ2n) is 7.34. The van der Waals surface area contributed by atoms with Gasteiger partial charge in [0.15, 0.2) is 11.5 Å². The second kappa shape index (κ2) is 7.75. The van der Waals surface area contributed by atoms with Crippen LogP contribution in [0.1, 0.15) is 23.9 Å². The lowest BCUT2D eigenvalue weighted by Gasteiger charge is -2.23. The molecule has 1 aromatic heterocycles. The van der Waals surface area contributed by atoms with E-state index in [1.807, 2.05) is 31.2 Å². The van der Waals surface area contributed by atoms with Crippen molar-refractivity contribution in [3.05, 3.63) is 59.5 Å². The zero-order chi connectivity index (χ0) is 22.2. The molecule has 0 aliphatic carbocycles. The number of urea groups is 1. The summed E-state index contributed by atoms with van der Waals surface area (Å²) in [6.07, 6.45) is 0. The van der Waals surface area contributed by atoms with Crippen LogP contribution in [-0.2, 0) is 16.9 Å². The molecule has 0 saturated carbocycles. The van der Waals surface area contributed by atoms with E-state index in [0.717, 1.165) is 16.0 Å². The van der Waals surface area contributed by atoms with E-state index in [4.69, 9.17) is 14.0 Å². The minimum Gasteiger partial charge on any atom is -0.493 e. The predicted molar refractivity (Wildman–Crippen MR) is 110 cm³/mol. The minimum atomic E-state index is -1.27. The number of amides is 3. The smallest absolute Gasteiger partial charge is 0.325 e. The van der Waals surface area contributed by atoms with Gasteiger partial charge in [-0.2, -0.15) is 4.98 Å². The molecule has 1 aliphatic heterocycles. The SMILES string of the molecule is COc1ccc([C@]2(C)NC(=O)N(Cc3nc(-c4ccccc4C)no3)C2=O)cc1OC. The lowest BCUT2D eigenvalue weighted by Crippen LogP contribution is -2.40. The van der Waals surface area contributed by atoms with Crippen LogP contribution in [0.15, 0.2) is 47.0 Å². The number of nitrogens with zero attached hydrogens (tertiary/aromatic N) is 3. The summed E-state index contributed by atoms with van der Waals surface area (Å²) in [5, 5.41) is 6.74. The van der Waals surface area contributed by atoms with Crippen LogP contribution in [0.3, 0.4) is 0 Å². The van der Waals surface area contributed by atoms with Crippen LogP contribution in [0.5, 0.6) is 11.5 Å². The van der Waals surface area contributed by atoms with E-state index >= 15 is 0 Å². The molecule has 160 valence electrons. The van der Waals surface area contributed by atoms with Gasteiger partial charge in [-0.05, 0) is 37.1 Å². The molecule has 1 atom stereocenters. The van der Waals surface area contributed by atoms with Crippen LogP contribution < -0.4 is 14.8 Å². The largest absolute Gasteiger partial charge is 0.493 e. The maximum atomic E-state index is 13.2. The third kappa shape index (κ3) is 3.48. The average molecular weight is 422 g/mol. The standard InChI is InChI=1S/C22H22N4O5/c1-13-7-5-6-8-15(13)19-23-18(31-25-19)12-26-20(27)22(2,24-21(26)28)14-9-10-16(29-3)17(11-14)30-4/h5-11H,12H2,1-4H3,(H,24,28)/t22-/m0/s1. The van der Waals surface area contributed by atoms with Crippen molar-refractivity contribution in [3.63, 3.8) is 0 Å². The molecule has 9 heteroatoms. The molecule has 1 aliphatic rings. The highest BCUT2D eigenvalue weighted by Gasteiger charge is 2.49. The molecular formula is C22H22N4O5. The van der Waals surface area contributed by atoms with Crippen molar-refractivity contribution >= 4 is 11.9 Å². The fraction of sp³-hybridized carbons (Fsp3) is 0.273. The lowest BCUT2D eigenvalue weighted by atomic mass is 9.91. The maximum absolute atomic E-state index is 13.2. The average Bonchev–Trinajstić information content (AvgIpc) is 3.32. The number of rotatable bonds is 6. The van der Waals surface area contributed by atoms with Crippen molar-refractivity contribution < 1.29 is 23.6 Å². The van der Waals surface area contributed by atoms with Crippen molar-refractivity contribution in [2.24, 2.45) is 0 Å². The van der Waals surface area contributed by atoms with E-state index < -0.39 is 17.5 Å². The molecule has 3 aromatic rings. The quantitative estimate of drug-likeness (QED) is 0.609. The van der Waals surface area contributed by atoms with Gasteiger partial charge in [-0.25, -0.2) is 4.79 Å². The number of methoxy groups -OCH3 is 2. The fourth-order valence-electron chi connectivity index (χ4n) is 3.57. The van der Waals surface area contributed by atoms with Gasteiger partial charge in [0.25, 0.3) is 5.91 Å². The van der Waals surface area contributed by atoms with Gasteiger partial charge in [-0.3, -0.25) is 9.69 Å². The molecule has 1 saturated heterocycles.